The Morgan fingerprint density at radius 2 is 1.57 bits per heavy atom. The van der Waals surface area contributed by atoms with Gasteiger partial charge in [-0.15, -0.1) is 23.2 Å². The van der Waals surface area contributed by atoms with Crippen LogP contribution in [0, 0.1) is 23.4 Å². The Morgan fingerprint density at radius 3 is 2.26 bits per heavy atom. The van der Waals surface area contributed by atoms with Crippen molar-refractivity contribution in [1.82, 2.24) is 0 Å². The number of nitrogens with two attached hydrogens (primary N) is 1. The van der Waals surface area contributed by atoms with Crippen molar-refractivity contribution in [3.05, 3.63) is 87.2 Å². The van der Waals surface area contributed by atoms with Crippen LogP contribution >= 0.6 is 46.4 Å². The number of rotatable bonds is 5. The largest absolute Gasteiger partial charge is 0.394 e. The molecule has 4 N–H and O–H groups in total. The smallest absolute Gasteiger partial charge is 0.258 e. The topological polar surface area (TPSA) is 84.2 Å². The number of nitrogen functional groups attached to an aromatic ring is 1. The van der Waals surface area contributed by atoms with E-state index < -0.39 is 62.4 Å². The molecule has 3 aromatic rings. The van der Waals surface area contributed by atoms with Gasteiger partial charge in [0.05, 0.1) is 27.2 Å². The number of carbonyl (C=O) groups is 2. The molecule has 0 saturated heterocycles. The summed E-state index contributed by atoms with van der Waals surface area (Å²) in [5.41, 5.74) is 4.18. The second kappa shape index (κ2) is 9.43. The molecule has 0 unspecified atom stereocenters. The number of halogens is 7. The maximum Gasteiger partial charge on any atom is 0.258 e. The number of amides is 2. The molecule has 4 rings (SSSR count). The minimum Gasteiger partial charge on any atom is -0.394 e. The van der Waals surface area contributed by atoms with Gasteiger partial charge in [-0.1, -0.05) is 29.3 Å². The maximum absolute atomic E-state index is 14.3. The number of benzene rings is 3. The summed E-state index contributed by atoms with van der Waals surface area (Å²) in [4.78, 5) is 25.4. The normalized spacial score (nSPS) is 18.1. The first-order valence-corrected chi connectivity index (χ1v) is 11.4. The lowest BCUT2D eigenvalue weighted by Crippen LogP contribution is -2.19. The summed E-state index contributed by atoms with van der Waals surface area (Å²) < 4.78 is 40.4. The van der Waals surface area contributed by atoms with Gasteiger partial charge >= 0.3 is 0 Å². The Bertz CT molecular complexity index is 1370. The average Bonchev–Trinajstić information content (AvgIpc) is 3.39. The highest BCUT2D eigenvalue weighted by molar-refractivity contribution is 6.53. The van der Waals surface area contributed by atoms with E-state index in [0.29, 0.717) is 10.6 Å². The predicted octanol–water partition coefficient (Wildman–Crippen LogP) is 6.77. The fourth-order valence-corrected chi connectivity index (χ4v) is 4.76. The maximum atomic E-state index is 14.3. The highest BCUT2D eigenvalue weighted by Crippen LogP contribution is 2.65. The molecule has 1 aliphatic carbocycles. The minimum absolute atomic E-state index is 0.0598. The van der Waals surface area contributed by atoms with E-state index in [0.717, 1.165) is 24.3 Å². The van der Waals surface area contributed by atoms with E-state index >= 15 is 0 Å². The van der Waals surface area contributed by atoms with Gasteiger partial charge in [0.15, 0.2) is 5.82 Å². The molecule has 12 heteroatoms. The highest BCUT2D eigenvalue weighted by atomic mass is 35.5. The lowest BCUT2D eigenvalue weighted by molar-refractivity contribution is -0.117. The zero-order chi connectivity index (χ0) is 25.7. The number of anilines is 3. The molecule has 0 bridgehead atoms. The number of nitrogens with one attached hydrogen (secondary N) is 2. The van der Waals surface area contributed by atoms with Gasteiger partial charge in [-0.3, -0.25) is 9.59 Å². The van der Waals surface area contributed by atoms with Crippen LogP contribution in [0.25, 0.3) is 0 Å². The third-order valence-corrected chi connectivity index (χ3v) is 7.17. The SMILES string of the molecule is Nc1c(F)ccc(NC(=O)c2cc(NC(=O)[C@H]3[C@H](c4ccc(Cl)c(Cl)c4)C3(Cl)Cl)ccc2F)c1F. The third kappa shape index (κ3) is 4.89. The molecule has 1 fully saturated rings. The summed E-state index contributed by atoms with van der Waals surface area (Å²) in [5.74, 6) is -6.25. The van der Waals surface area contributed by atoms with E-state index in [2.05, 4.69) is 10.6 Å². The number of hydrogen-bond donors (Lipinski definition) is 3. The van der Waals surface area contributed by atoms with Crippen LogP contribution in [0.2, 0.25) is 10.0 Å². The zero-order valence-electron chi connectivity index (χ0n) is 17.3. The van der Waals surface area contributed by atoms with Crippen molar-refractivity contribution < 1.29 is 22.8 Å². The van der Waals surface area contributed by atoms with Crippen LogP contribution in [-0.2, 0) is 4.79 Å². The Morgan fingerprint density at radius 1 is 0.886 bits per heavy atom. The van der Waals surface area contributed by atoms with Crippen molar-refractivity contribution in [2.75, 3.05) is 16.4 Å². The van der Waals surface area contributed by atoms with Gasteiger partial charge in [0, 0.05) is 11.6 Å². The predicted molar refractivity (Wildman–Crippen MR) is 131 cm³/mol. The Balaban J connectivity index is 1.52. The fourth-order valence-electron chi connectivity index (χ4n) is 3.63. The van der Waals surface area contributed by atoms with Crippen LogP contribution < -0.4 is 16.4 Å². The molecule has 0 radical (unpaired) electrons. The van der Waals surface area contributed by atoms with Crippen molar-refractivity contribution in [2.45, 2.75) is 10.3 Å². The molecule has 0 aliphatic heterocycles. The quantitative estimate of drug-likeness (QED) is 0.237. The van der Waals surface area contributed by atoms with Gasteiger partial charge < -0.3 is 16.4 Å². The summed E-state index contributed by atoms with van der Waals surface area (Å²) in [7, 11) is 0. The van der Waals surface area contributed by atoms with Crippen molar-refractivity contribution in [3.8, 4) is 0 Å². The summed E-state index contributed by atoms with van der Waals surface area (Å²) in [6.07, 6.45) is 0. The van der Waals surface area contributed by atoms with Crippen LogP contribution in [0.3, 0.4) is 0 Å². The summed E-state index contributed by atoms with van der Waals surface area (Å²) in [5, 5.41) is 5.26. The van der Waals surface area contributed by atoms with Crippen LogP contribution in [0.15, 0.2) is 48.5 Å². The van der Waals surface area contributed by atoms with Crippen molar-refractivity contribution in [3.63, 3.8) is 0 Å². The zero-order valence-corrected chi connectivity index (χ0v) is 20.3. The second-order valence-electron chi connectivity index (χ2n) is 7.76. The first-order valence-electron chi connectivity index (χ1n) is 9.89. The standard InChI is InChI=1S/C23H14Cl4F3N3O2/c24-12-3-1-9(7-13(12)25)17-18(23(17,26)27)22(35)32-10-2-4-14(28)11(8-10)21(34)33-16-6-5-15(29)20(31)19(16)30/h1-8,17-18H,31H2,(H,32,35)(H,33,34)/t17-,18+/m0/s1. The molecular weight excluding hydrogens is 549 g/mol. The highest BCUT2D eigenvalue weighted by Gasteiger charge is 2.67. The summed E-state index contributed by atoms with van der Waals surface area (Å²) in [6.45, 7) is 0. The van der Waals surface area contributed by atoms with E-state index in [1.165, 1.54) is 6.07 Å². The van der Waals surface area contributed by atoms with Crippen molar-refractivity contribution in [2.24, 2.45) is 5.92 Å². The molecular formula is C23H14Cl4F3N3O2. The van der Waals surface area contributed by atoms with Crippen molar-refractivity contribution >= 4 is 75.3 Å². The van der Waals surface area contributed by atoms with E-state index in [9.17, 15) is 22.8 Å². The second-order valence-corrected chi connectivity index (χ2v) is 10.0. The van der Waals surface area contributed by atoms with Gasteiger partial charge in [0.1, 0.15) is 21.7 Å². The number of hydrogen-bond acceptors (Lipinski definition) is 3. The molecule has 1 saturated carbocycles. The molecule has 3 aromatic carbocycles. The molecule has 2 amide bonds. The van der Waals surface area contributed by atoms with E-state index in [-0.39, 0.29) is 10.7 Å². The Hall–Kier alpha value is -2.65. The molecule has 0 heterocycles. The number of alkyl halides is 2. The van der Waals surface area contributed by atoms with E-state index in [1.54, 1.807) is 18.2 Å². The first-order chi connectivity index (χ1) is 16.4. The van der Waals surface area contributed by atoms with Gasteiger partial charge in [-0.2, -0.15) is 0 Å². The van der Waals surface area contributed by atoms with Crippen LogP contribution in [0.5, 0.6) is 0 Å². The summed E-state index contributed by atoms with van der Waals surface area (Å²) in [6, 6.07) is 9.77. The Kier molecular flexibility index (Phi) is 6.85. The van der Waals surface area contributed by atoms with Crippen LogP contribution in [-0.4, -0.2) is 16.1 Å². The van der Waals surface area contributed by atoms with E-state index in [1.807, 2.05) is 0 Å². The monoisotopic (exact) mass is 561 g/mol. The first kappa shape index (κ1) is 25.4. The Labute approximate surface area is 217 Å². The molecule has 0 aromatic heterocycles. The molecule has 0 spiro atoms. The summed E-state index contributed by atoms with van der Waals surface area (Å²) >= 11 is 24.6. The molecule has 182 valence electrons. The third-order valence-electron chi connectivity index (χ3n) is 5.49. The lowest BCUT2D eigenvalue weighted by Gasteiger charge is -2.11. The molecule has 5 nitrogen and oxygen atoms in total. The van der Waals surface area contributed by atoms with Crippen LogP contribution in [0.1, 0.15) is 21.8 Å². The molecule has 35 heavy (non-hydrogen) atoms. The molecule has 1 aliphatic rings. The van der Waals surface area contributed by atoms with E-state index in [4.69, 9.17) is 52.1 Å². The fraction of sp³-hybridized carbons (Fsp3) is 0.130. The van der Waals surface area contributed by atoms with Gasteiger partial charge in [0.25, 0.3) is 5.91 Å². The van der Waals surface area contributed by atoms with Gasteiger partial charge in [-0.05, 0) is 48.0 Å². The minimum atomic E-state index is -1.43. The molecule has 2 atom stereocenters. The van der Waals surface area contributed by atoms with Crippen LogP contribution in [0.4, 0.5) is 30.2 Å². The number of carbonyl (C=O) groups excluding carboxylic acids is 2. The van der Waals surface area contributed by atoms with Gasteiger partial charge in [-0.25, -0.2) is 13.2 Å². The van der Waals surface area contributed by atoms with Gasteiger partial charge in [0.2, 0.25) is 5.91 Å². The average molecular weight is 563 g/mol. The lowest BCUT2D eigenvalue weighted by atomic mass is 10.1. The van der Waals surface area contributed by atoms with Crippen molar-refractivity contribution in [1.29, 1.82) is 0 Å².